The van der Waals surface area contributed by atoms with Crippen LogP contribution in [0.1, 0.15) is 46.2 Å². The Balaban J connectivity index is 2.51. The van der Waals surface area contributed by atoms with Gasteiger partial charge in [-0.15, -0.1) is 0 Å². The molecule has 0 unspecified atom stereocenters. The average Bonchev–Trinajstić information content (AvgIpc) is 2.82. The van der Waals surface area contributed by atoms with Crippen LogP contribution < -0.4 is 0 Å². The maximum atomic E-state index is 12.6. The van der Waals surface area contributed by atoms with Gasteiger partial charge >= 0.3 is 6.09 Å². The van der Waals surface area contributed by atoms with E-state index in [9.17, 15) is 4.79 Å². The Hall–Kier alpha value is -2.10. The van der Waals surface area contributed by atoms with Crippen molar-refractivity contribution < 1.29 is 9.53 Å². The van der Waals surface area contributed by atoms with Crippen LogP contribution in [0.5, 0.6) is 0 Å². The summed E-state index contributed by atoms with van der Waals surface area (Å²) < 4.78 is 7.18. The SMILES string of the molecule is CC(C)c1ccc(-c2cccnc2)n1C(=O)OC(C)(C)C. The molecule has 0 radical (unpaired) electrons. The fourth-order valence-electron chi connectivity index (χ4n) is 2.15. The van der Waals surface area contributed by atoms with E-state index in [1.807, 2.05) is 45.0 Å². The molecule has 0 amide bonds. The van der Waals surface area contributed by atoms with E-state index < -0.39 is 5.60 Å². The molecule has 2 aromatic heterocycles. The zero-order valence-corrected chi connectivity index (χ0v) is 13.3. The molecule has 0 saturated heterocycles. The van der Waals surface area contributed by atoms with Gasteiger partial charge in [0, 0.05) is 23.7 Å². The van der Waals surface area contributed by atoms with E-state index >= 15 is 0 Å². The molecule has 0 aliphatic carbocycles. The number of carbonyl (C=O) groups excluding carboxylic acids is 1. The van der Waals surface area contributed by atoms with Gasteiger partial charge < -0.3 is 4.74 Å². The number of rotatable bonds is 2. The van der Waals surface area contributed by atoms with E-state index in [0.29, 0.717) is 0 Å². The Morgan fingerprint density at radius 3 is 2.48 bits per heavy atom. The van der Waals surface area contributed by atoms with Crippen molar-refractivity contribution in [3.05, 3.63) is 42.4 Å². The van der Waals surface area contributed by atoms with Crippen LogP contribution in [0.4, 0.5) is 4.79 Å². The van der Waals surface area contributed by atoms with Crippen molar-refractivity contribution in [3.8, 4) is 11.3 Å². The van der Waals surface area contributed by atoms with Crippen molar-refractivity contribution in [2.24, 2.45) is 0 Å². The maximum Gasteiger partial charge on any atom is 0.419 e. The second-order valence-electron chi connectivity index (χ2n) is 6.36. The first-order valence-electron chi connectivity index (χ1n) is 7.15. The summed E-state index contributed by atoms with van der Waals surface area (Å²) in [7, 11) is 0. The first kappa shape index (κ1) is 15.3. The lowest BCUT2D eigenvalue weighted by Gasteiger charge is -2.22. The predicted octanol–water partition coefficient (Wildman–Crippen LogP) is 4.46. The topological polar surface area (TPSA) is 44.1 Å². The summed E-state index contributed by atoms with van der Waals surface area (Å²) >= 11 is 0. The summed E-state index contributed by atoms with van der Waals surface area (Å²) in [6, 6.07) is 7.71. The lowest BCUT2D eigenvalue weighted by molar-refractivity contribution is 0.0534. The minimum atomic E-state index is -0.526. The van der Waals surface area contributed by atoms with E-state index in [-0.39, 0.29) is 12.0 Å². The van der Waals surface area contributed by atoms with Gasteiger partial charge in [-0.25, -0.2) is 9.36 Å². The summed E-state index contributed by atoms with van der Waals surface area (Å²) in [5.41, 5.74) is 2.11. The normalized spacial score (nSPS) is 11.7. The Kier molecular flexibility index (Phi) is 4.16. The van der Waals surface area contributed by atoms with Crippen molar-refractivity contribution in [2.75, 3.05) is 0 Å². The number of carbonyl (C=O) groups is 1. The van der Waals surface area contributed by atoms with Crippen LogP contribution in [-0.2, 0) is 4.74 Å². The van der Waals surface area contributed by atoms with Crippen LogP contribution in [0.25, 0.3) is 11.3 Å². The summed E-state index contributed by atoms with van der Waals surface area (Å²) in [6.07, 6.45) is 3.11. The van der Waals surface area contributed by atoms with Gasteiger partial charge in [0.15, 0.2) is 0 Å². The monoisotopic (exact) mass is 286 g/mol. The van der Waals surface area contributed by atoms with Crippen molar-refractivity contribution in [1.29, 1.82) is 0 Å². The van der Waals surface area contributed by atoms with Gasteiger partial charge in [0.2, 0.25) is 0 Å². The van der Waals surface area contributed by atoms with E-state index in [1.54, 1.807) is 17.0 Å². The summed E-state index contributed by atoms with van der Waals surface area (Å²) in [6.45, 7) is 9.72. The molecule has 0 aliphatic heterocycles. The fraction of sp³-hybridized carbons (Fsp3) is 0.412. The fourth-order valence-corrected chi connectivity index (χ4v) is 2.15. The van der Waals surface area contributed by atoms with E-state index in [1.165, 1.54) is 0 Å². The summed E-state index contributed by atoms with van der Waals surface area (Å²) in [5, 5.41) is 0. The zero-order valence-electron chi connectivity index (χ0n) is 13.3. The highest BCUT2D eigenvalue weighted by Gasteiger charge is 2.23. The van der Waals surface area contributed by atoms with Gasteiger partial charge in [-0.05, 0) is 51.0 Å². The molecule has 112 valence electrons. The molecule has 0 atom stereocenters. The molecule has 4 nitrogen and oxygen atoms in total. The van der Waals surface area contributed by atoms with E-state index in [4.69, 9.17) is 4.74 Å². The number of nitrogens with zero attached hydrogens (tertiary/aromatic N) is 2. The molecule has 0 N–H and O–H groups in total. The van der Waals surface area contributed by atoms with Crippen LogP contribution in [0.15, 0.2) is 36.7 Å². The van der Waals surface area contributed by atoms with Crippen molar-refractivity contribution in [3.63, 3.8) is 0 Å². The van der Waals surface area contributed by atoms with Crippen molar-refractivity contribution in [2.45, 2.75) is 46.1 Å². The number of pyridine rings is 1. The molecular formula is C17H22N2O2. The molecule has 0 aromatic carbocycles. The van der Waals surface area contributed by atoms with E-state index in [0.717, 1.165) is 17.0 Å². The Bertz CT molecular complexity index is 622. The minimum absolute atomic E-state index is 0.225. The Morgan fingerprint density at radius 1 is 1.24 bits per heavy atom. The standard InChI is InChI=1S/C17H22N2O2/c1-12(2)14-8-9-15(13-7-6-10-18-11-13)19(14)16(20)21-17(3,4)5/h6-12H,1-5H3. The first-order valence-corrected chi connectivity index (χ1v) is 7.15. The quantitative estimate of drug-likeness (QED) is 0.818. The lowest BCUT2D eigenvalue weighted by atomic mass is 10.1. The van der Waals surface area contributed by atoms with Gasteiger partial charge in [0.25, 0.3) is 0 Å². The number of hydrogen-bond acceptors (Lipinski definition) is 3. The molecule has 2 heterocycles. The predicted molar refractivity (Wildman–Crippen MR) is 83.4 cm³/mol. The zero-order chi connectivity index (χ0) is 15.6. The second kappa shape index (κ2) is 5.72. The highest BCUT2D eigenvalue weighted by Crippen LogP contribution is 2.27. The Labute approximate surface area is 125 Å². The molecule has 0 saturated carbocycles. The van der Waals surface area contributed by atoms with Crippen LogP contribution in [0.3, 0.4) is 0 Å². The van der Waals surface area contributed by atoms with Gasteiger partial charge in [-0.1, -0.05) is 13.8 Å². The van der Waals surface area contributed by atoms with E-state index in [2.05, 4.69) is 18.8 Å². The van der Waals surface area contributed by atoms with Crippen molar-refractivity contribution in [1.82, 2.24) is 9.55 Å². The maximum absolute atomic E-state index is 12.6. The van der Waals surface area contributed by atoms with Gasteiger partial charge in [-0.3, -0.25) is 4.98 Å². The highest BCUT2D eigenvalue weighted by molar-refractivity contribution is 5.80. The molecule has 2 aromatic rings. The minimum Gasteiger partial charge on any atom is -0.443 e. The molecule has 0 aliphatic rings. The second-order valence-corrected chi connectivity index (χ2v) is 6.36. The molecule has 21 heavy (non-hydrogen) atoms. The molecule has 4 heteroatoms. The number of aromatic nitrogens is 2. The van der Waals surface area contributed by atoms with Crippen LogP contribution in [0.2, 0.25) is 0 Å². The lowest BCUT2D eigenvalue weighted by Crippen LogP contribution is -2.28. The van der Waals surface area contributed by atoms with Crippen molar-refractivity contribution >= 4 is 6.09 Å². The first-order chi connectivity index (χ1) is 9.79. The van der Waals surface area contributed by atoms with Crippen LogP contribution in [-0.4, -0.2) is 21.2 Å². The molecule has 0 bridgehead atoms. The third-order valence-electron chi connectivity index (χ3n) is 3.04. The van der Waals surface area contributed by atoms with Gasteiger partial charge in [-0.2, -0.15) is 0 Å². The summed E-state index contributed by atoms with van der Waals surface area (Å²) in [5.74, 6) is 0.225. The molecule has 0 spiro atoms. The number of ether oxygens (including phenoxy) is 1. The Morgan fingerprint density at radius 2 is 1.95 bits per heavy atom. The molecular weight excluding hydrogens is 264 g/mol. The smallest absolute Gasteiger partial charge is 0.419 e. The van der Waals surface area contributed by atoms with Gasteiger partial charge in [0.05, 0.1) is 5.69 Å². The van der Waals surface area contributed by atoms with Gasteiger partial charge in [0.1, 0.15) is 5.60 Å². The third-order valence-corrected chi connectivity index (χ3v) is 3.04. The molecule has 2 rings (SSSR count). The molecule has 0 fully saturated rings. The third kappa shape index (κ3) is 3.51. The van der Waals surface area contributed by atoms with Crippen LogP contribution in [0, 0.1) is 0 Å². The summed E-state index contributed by atoms with van der Waals surface area (Å²) in [4.78, 5) is 16.7. The number of hydrogen-bond donors (Lipinski definition) is 0. The largest absolute Gasteiger partial charge is 0.443 e. The van der Waals surface area contributed by atoms with Crippen LogP contribution >= 0.6 is 0 Å². The highest BCUT2D eigenvalue weighted by atomic mass is 16.6. The average molecular weight is 286 g/mol.